The van der Waals surface area contributed by atoms with Crippen molar-refractivity contribution in [2.75, 3.05) is 19.7 Å². The number of carbonyl (C=O) groups excluding carboxylic acids is 1. The molecule has 3 nitrogen and oxygen atoms in total. The molecule has 3 heteroatoms. The third-order valence-corrected chi connectivity index (χ3v) is 1.82. The lowest BCUT2D eigenvalue weighted by Gasteiger charge is -2.37. The lowest BCUT2D eigenvalue weighted by Crippen LogP contribution is -2.51. The van der Waals surface area contributed by atoms with E-state index in [-0.39, 0.29) is 24.9 Å². The van der Waals surface area contributed by atoms with Crippen LogP contribution >= 0.6 is 0 Å². The fraction of sp³-hybridized carbons (Fsp3) is 0.625. The Morgan fingerprint density at radius 2 is 2.36 bits per heavy atom. The maximum absolute atomic E-state index is 11.0. The molecule has 1 N–H and O–H groups in total. The van der Waals surface area contributed by atoms with Gasteiger partial charge in [0.1, 0.15) is 0 Å². The van der Waals surface area contributed by atoms with Crippen molar-refractivity contribution in [1.29, 1.82) is 0 Å². The van der Waals surface area contributed by atoms with E-state index in [9.17, 15) is 4.79 Å². The van der Waals surface area contributed by atoms with Gasteiger partial charge in [-0.05, 0) is 0 Å². The molecule has 60 valence electrons. The van der Waals surface area contributed by atoms with E-state index in [1.54, 1.807) is 4.90 Å². The molecule has 0 aliphatic carbocycles. The molecule has 0 atom stereocenters. The number of aliphatic hydroxyl groups is 1. The molecule has 0 aromatic rings. The van der Waals surface area contributed by atoms with E-state index in [4.69, 9.17) is 11.5 Å². The van der Waals surface area contributed by atoms with Crippen LogP contribution in [0.2, 0.25) is 0 Å². The van der Waals surface area contributed by atoms with Gasteiger partial charge in [0, 0.05) is 25.6 Å². The number of likely N-dealkylation sites (tertiary alicyclic amines) is 1. The van der Waals surface area contributed by atoms with Crippen LogP contribution in [0.25, 0.3) is 0 Å². The molecule has 0 radical (unpaired) electrons. The first-order chi connectivity index (χ1) is 5.27. The highest BCUT2D eigenvalue weighted by Gasteiger charge is 2.28. The zero-order chi connectivity index (χ0) is 8.27. The Bertz CT molecular complexity index is 189. The fourth-order valence-corrected chi connectivity index (χ4v) is 1.09. The Labute approximate surface area is 66.0 Å². The Balaban J connectivity index is 2.22. The van der Waals surface area contributed by atoms with Gasteiger partial charge in [-0.2, -0.15) is 0 Å². The van der Waals surface area contributed by atoms with E-state index in [1.165, 1.54) is 0 Å². The molecule has 1 aliphatic rings. The predicted molar refractivity (Wildman–Crippen MR) is 40.6 cm³/mol. The van der Waals surface area contributed by atoms with Crippen molar-refractivity contribution in [3.63, 3.8) is 0 Å². The summed E-state index contributed by atoms with van der Waals surface area (Å²) < 4.78 is 0. The normalized spacial score (nSPS) is 17.3. The van der Waals surface area contributed by atoms with Crippen molar-refractivity contribution in [1.82, 2.24) is 4.90 Å². The molecule has 0 spiro atoms. The lowest BCUT2D eigenvalue weighted by atomic mass is 10.0. The molecule has 1 aliphatic heterocycles. The molecule has 0 unspecified atom stereocenters. The standard InChI is InChI=1S/C8H11NO2/c1-2-3-8(11)9-4-7(5-9)6-10/h1,7,10H,3-6H2. The average Bonchev–Trinajstić information content (AvgIpc) is 1.86. The number of carbonyl (C=O) groups is 1. The minimum Gasteiger partial charge on any atom is -0.396 e. The Morgan fingerprint density at radius 3 is 2.82 bits per heavy atom. The summed E-state index contributed by atoms with van der Waals surface area (Å²) in [6.07, 6.45) is 5.15. The maximum Gasteiger partial charge on any atom is 0.234 e. The second-order valence-electron chi connectivity index (χ2n) is 2.73. The van der Waals surface area contributed by atoms with Crippen molar-refractivity contribution in [3.8, 4) is 12.3 Å². The molecule has 1 saturated heterocycles. The van der Waals surface area contributed by atoms with E-state index in [0.717, 1.165) is 0 Å². The first kappa shape index (κ1) is 8.09. The summed E-state index contributed by atoms with van der Waals surface area (Å²) in [5, 5.41) is 8.64. The van der Waals surface area contributed by atoms with Crippen molar-refractivity contribution >= 4 is 5.91 Å². The van der Waals surface area contributed by atoms with Gasteiger partial charge >= 0.3 is 0 Å². The van der Waals surface area contributed by atoms with E-state index < -0.39 is 0 Å². The van der Waals surface area contributed by atoms with E-state index in [2.05, 4.69) is 5.92 Å². The molecular weight excluding hydrogens is 142 g/mol. The minimum absolute atomic E-state index is 0.00259. The smallest absolute Gasteiger partial charge is 0.234 e. The second kappa shape index (κ2) is 3.40. The zero-order valence-corrected chi connectivity index (χ0v) is 6.29. The van der Waals surface area contributed by atoms with Crippen molar-refractivity contribution in [3.05, 3.63) is 0 Å². The molecular formula is C8H11NO2. The largest absolute Gasteiger partial charge is 0.396 e. The molecule has 0 saturated carbocycles. The fourth-order valence-electron chi connectivity index (χ4n) is 1.09. The number of nitrogens with zero attached hydrogens (tertiary/aromatic N) is 1. The minimum atomic E-state index is -0.00259. The quantitative estimate of drug-likeness (QED) is 0.541. The van der Waals surface area contributed by atoms with Crippen LogP contribution in [0.1, 0.15) is 6.42 Å². The topological polar surface area (TPSA) is 40.5 Å². The lowest BCUT2D eigenvalue weighted by molar-refractivity contribution is -0.137. The monoisotopic (exact) mass is 153 g/mol. The molecule has 1 amide bonds. The average molecular weight is 153 g/mol. The number of amides is 1. The van der Waals surface area contributed by atoms with Gasteiger partial charge in [0.25, 0.3) is 0 Å². The molecule has 0 bridgehead atoms. The highest BCUT2D eigenvalue weighted by Crippen LogP contribution is 2.14. The number of rotatable bonds is 2. The Kier molecular flexibility index (Phi) is 2.50. The SMILES string of the molecule is C#CCC(=O)N1CC(CO)C1. The van der Waals surface area contributed by atoms with E-state index >= 15 is 0 Å². The van der Waals surface area contributed by atoms with E-state index in [0.29, 0.717) is 13.1 Å². The van der Waals surface area contributed by atoms with Gasteiger partial charge in [-0.1, -0.05) is 5.92 Å². The highest BCUT2D eigenvalue weighted by atomic mass is 16.3. The van der Waals surface area contributed by atoms with Crippen LogP contribution < -0.4 is 0 Å². The van der Waals surface area contributed by atoms with Gasteiger partial charge in [-0.3, -0.25) is 4.79 Å². The van der Waals surface area contributed by atoms with Gasteiger partial charge in [0.05, 0.1) is 6.42 Å². The van der Waals surface area contributed by atoms with Crippen LogP contribution in [-0.4, -0.2) is 35.6 Å². The van der Waals surface area contributed by atoms with Gasteiger partial charge < -0.3 is 10.0 Å². The Morgan fingerprint density at radius 1 is 1.73 bits per heavy atom. The number of hydrogen-bond acceptors (Lipinski definition) is 2. The molecule has 0 aromatic heterocycles. The van der Waals surface area contributed by atoms with Gasteiger partial charge in [-0.25, -0.2) is 0 Å². The second-order valence-corrected chi connectivity index (χ2v) is 2.73. The summed E-state index contributed by atoms with van der Waals surface area (Å²) in [5.74, 6) is 2.57. The summed E-state index contributed by atoms with van der Waals surface area (Å²) in [4.78, 5) is 12.7. The molecule has 11 heavy (non-hydrogen) atoms. The third-order valence-electron chi connectivity index (χ3n) is 1.82. The molecule has 1 fully saturated rings. The van der Waals surface area contributed by atoms with Crippen molar-refractivity contribution in [2.24, 2.45) is 5.92 Å². The van der Waals surface area contributed by atoms with Crippen LogP contribution in [0, 0.1) is 18.3 Å². The zero-order valence-electron chi connectivity index (χ0n) is 6.29. The van der Waals surface area contributed by atoms with Crippen LogP contribution in [-0.2, 0) is 4.79 Å². The number of terminal acetylenes is 1. The molecule has 1 heterocycles. The molecule has 1 rings (SSSR count). The first-order valence-corrected chi connectivity index (χ1v) is 3.60. The summed E-state index contributed by atoms with van der Waals surface area (Å²) in [6, 6.07) is 0. The summed E-state index contributed by atoms with van der Waals surface area (Å²) in [5.41, 5.74) is 0. The summed E-state index contributed by atoms with van der Waals surface area (Å²) >= 11 is 0. The number of hydrogen-bond donors (Lipinski definition) is 1. The first-order valence-electron chi connectivity index (χ1n) is 3.60. The van der Waals surface area contributed by atoms with Crippen molar-refractivity contribution < 1.29 is 9.90 Å². The highest BCUT2D eigenvalue weighted by molar-refractivity contribution is 5.79. The van der Waals surface area contributed by atoms with Gasteiger partial charge in [0.15, 0.2) is 0 Å². The summed E-state index contributed by atoms with van der Waals surface area (Å²) in [7, 11) is 0. The van der Waals surface area contributed by atoms with Crippen LogP contribution in [0.15, 0.2) is 0 Å². The van der Waals surface area contributed by atoms with Gasteiger partial charge in [-0.15, -0.1) is 6.42 Å². The van der Waals surface area contributed by atoms with E-state index in [1.807, 2.05) is 0 Å². The van der Waals surface area contributed by atoms with Crippen LogP contribution in [0.5, 0.6) is 0 Å². The van der Waals surface area contributed by atoms with Gasteiger partial charge in [0.2, 0.25) is 5.91 Å². The van der Waals surface area contributed by atoms with Crippen LogP contribution in [0.4, 0.5) is 0 Å². The summed E-state index contributed by atoms with van der Waals surface area (Å²) in [6.45, 7) is 1.49. The predicted octanol–water partition coefficient (Wildman–Crippen LogP) is -0.540. The maximum atomic E-state index is 11.0. The number of aliphatic hydroxyl groups excluding tert-OH is 1. The van der Waals surface area contributed by atoms with Crippen LogP contribution in [0.3, 0.4) is 0 Å². The Hall–Kier alpha value is -1.01. The third kappa shape index (κ3) is 1.72. The van der Waals surface area contributed by atoms with Crippen molar-refractivity contribution in [2.45, 2.75) is 6.42 Å². The molecule has 0 aromatic carbocycles.